The third-order valence-corrected chi connectivity index (χ3v) is 4.93. The first-order valence-corrected chi connectivity index (χ1v) is 7.76. The van der Waals surface area contributed by atoms with Crippen LogP contribution in [0.2, 0.25) is 0 Å². The number of hydrogen-bond acceptors (Lipinski definition) is 3. The summed E-state index contributed by atoms with van der Waals surface area (Å²) in [6, 6.07) is 1.50. The summed E-state index contributed by atoms with van der Waals surface area (Å²) in [7, 11) is -3.85. The van der Waals surface area contributed by atoms with E-state index in [-0.39, 0.29) is 11.4 Å². The van der Waals surface area contributed by atoms with Gasteiger partial charge in [0, 0.05) is 19.2 Å². The predicted octanol–water partition coefficient (Wildman–Crippen LogP) is 1.94. The molecule has 0 aliphatic carbocycles. The molecule has 1 fully saturated rings. The van der Waals surface area contributed by atoms with E-state index in [1.807, 2.05) is 0 Å². The topological polar surface area (TPSA) is 75.4 Å². The molecule has 1 aliphatic heterocycles. The first kappa shape index (κ1) is 15.0. The molecule has 8 heteroatoms. The Bertz CT molecular complexity index is 599. The van der Waals surface area contributed by atoms with Gasteiger partial charge in [0.25, 0.3) is 0 Å². The summed E-state index contributed by atoms with van der Waals surface area (Å²) in [5.74, 6) is -1.44. The minimum absolute atomic E-state index is 0.309. The fraction of sp³-hybridized carbons (Fsp3) is 0.500. The average molecular weight is 305 g/mol. The second-order valence-electron chi connectivity index (χ2n) is 5.04. The second-order valence-corrected chi connectivity index (χ2v) is 6.71. The van der Waals surface area contributed by atoms with E-state index < -0.39 is 21.8 Å². The minimum atomic E-state index is -3.85. The maximum atomic E-state index is 13.5. The molecule has 1 aromatic rings. The van der Waals surface area contributed by atoms with E-state index in [1.165, 1.54) is 4.31 Å². The van der Waals surface area contributed by atoms with Gasteiger partial charge in [-0.15, -0.1) is 0 Å². The van der Waals surface area contributed by atoms with Gasteiger partial charge in [-0.05, 0) is 24.8 Å². The van der Waals surface area contributed by atoms with Crippen molar-refractivity contribution >= 4 is 21.6 Å². The maximum Gasteiger partial charge on any atom is 0.301 e. The van der Waals surface area contributed by atoms with Crippen molar-refractivity contribution in [2.75, 3.05) is 23.5 Å². The van der Waals surface area contributed by atoms with Crippen molar-refractivity contribution in [1.29, 1.82) is 0 Å². The van der Waals surface area contributed by atoms with Crippen molar-refractivity contribution in [3.8, 4) is 0 Å². The normalized spacial score (nSPS) is 18.1. The molecule has 0 saturated carbocycles. The molecule has 0 radical (unpaired) electrons. The Kier molecular flexibility index (Phi) is 4.14. The van der Waals surface area contributed by atoms with E-state index in [2.05, 4.69) is 11.6 Å². The van der Waals surface area contributed by atoms with E-state index in [0.717, 1.165) is 18.9 Å². The number of halogens is 2. The lowest BCUT2D eigenvalue weighted by Crippen LogP contribution is -2.41. The van der Waals surface area contributed by atoms with Crippen molar-refractivity contribution in [3.05, 3.63) is 23.8 Å². The van der Waals surface area contributed by atoms with Crippen molar-refractivity contribution < 1.29 is 17.2 Å². The number of anilines is 2. The predicted molar refractivity (Wildman–Crippen MR) is 73.3 cm³/mol. The van der Waals surface area contributed by atoms with Crippen LogP contribution in [-0.2, 0) is 10.2 Å². The van der Waals surface area contributed by atoms with Crippen LogP contribution in [0, 0.1) is 17.6 Å². The van der Waals surface area contributed by atoms with Gasteiger partial charge in [-0.3, -0.25) is 4.72 Å². The molecule has 0 atom stereocenters. The number of nitrogens with two attached hydrogens (primary N) is 1. The standard InChI is InChI=1S/C12H17F2N3O2S/c1-8-2-4-17(5-3-8)20(18,19)16-12-7-11(15)9(13)6-10(12)14/h6-8,16H,2-5,15H2,1H3. The van der Waals surface area contributed by atoms with Gasteiger partial charge in [0.15, 0.2) is 0 Å². The molecule has 1 saturated heterocycles. The Morgan fingerprint density at radius 3 is 2.45 bits per heavy atom. The highest BCUT2D eigenvalue weighted by Crippen LogP contribution is 2.24. The molecule has 0 unspecified atom stereocenters. The SMILES string of the molecule is CC1CCN(S(=O)(=O)Nc2cc(N)c(F)cc2F)CC1. The Hall–Kier alpha value is -1.41. The van der Waals surface area contributed by atoms with Crippen LogP contribution in [0.4, 0.5) is 20.2 Å². The van der Waals surface area contributed by atoms with Crippen LogP contribution in [0.15, 0.2) is 12.1 Å². The number of nitrogen functional groups attached to an aromatic ring is 1. The summed E-state index contributed by atoms with van der Waals surface area (Å²) < 4.78 is 54.2. The number of benzene rings is 1. The highest BCUT2D eigenvalue weighted by molar-refractivity contribution is 7.90. The number of rotatable bonds is 3. The van der Waals surface area contributed by atoms with Gasteiger partial charge in [0.05, 0.1) is 11.4 Å². The fourth-order valence-corrected chi connectivity index (χ4v) is 3.33. The molecule has 1 aliphatic rings. The first-order chi connectivity index (χ1) is 9.29. The Labute approximate surface area is 116 Å². The molecule has 5 nitrogen and oxygen atoms in total. The third-order valence-electron chi connectivity index (χ3n) is 3.41. The lowest BCUT2D eigenvalue weighted by Gasteiger charge is -2.29. The molecule has 20 heavy (non-hydrogen) atoms. The molecule has 0 spiro atoms. The molecule has 1 heterocycles. The summed E-state index contributed by atoms with van der Waals surface area (Å²) in [5, 5.41) is 0. The quantitative estimate of drug-likeness (QED) is 0.838. The fourth-order valence-electron chi connectivity index (χ4n) is 2.07. The first-order valence-electron chi connectivity index (χ1n) is 6.32. The zero-order chi connectivity index (χ0) is 14.9. The molecule has 3 N–H and O–H groups in total. The molecule has 0 aromatic heterocycles. The molecule has 0 amide bonds. The zero-order valence-electron chi connectivity index (χ0n) is 11.1. The van der Waals surface area contributed by atoms with Gasteiger partial charge in [0.2, 0.25) is 0 Å². The van der Waals surface area contributed by atoms with Crippen LogP contribution in [0.25, 0.3) is 0 Å². The molecule has 112 valence electrons. The highest BCUT2D eigenvalue weighted by atomic mass is 32.2. The smallest absolute Gasteiger partial charge is 0.301 e. The summed E-state index contributed by atoms with van der Waals surface area (Å²) in [6.07, 6.45) is 1.52. The van der Waals surface area contributed by atoms with Crippen LogP contribution in [-0.4, -0.2) is 25.8 Å². The van der Waals surface area contributed by atoms with Crippen molar-refractivity contribution in [2.45, 2.75) is 19.8 Å². The second kappa shape index (κ2) is 5.53. The molecule has 0 bridgehead atoms. The van der Waals surface area contributed by atoms with E-state index in [0.29, 0.717) is 25.1 Å². The third kappa shape index (κ3) is 3.18. The van der Waals surface area contributed by atoms with Gasteiger partial charge < -0.3 is 5.73 Å². The average Bonchev–Trinajstić information content (AvgIpc) is 2.36. The molecule has 2 rings (SSSR count). The Morgan fingerprint density at radius 2 is 1.85 bits per heavy atom. The highest BCUT2D eigenvalue weighted by Gasteiger charge is 2.27. The zero-order valence-corrected chi connectivity index (χ0v) is 11.9. The molecular weight excluding hydrogens is 288 g/mol. The number of nitrogens with zero attached hydrogens (tertiary/aromatic N) is 1. The van der Waals surface area contributed by atoms with Gasteiger partial charge in [-0.2, -0.15) is 12.7 Å². The van der Waals surface area contributed by atoms with Crippen molar-refractivity contribution in [1.82, 2.24) is 4.31 Å². The monoisotopic (exact) mass is 305 g/mol. The summed E-state index contributed by atoms with van der Waals surface area (Å²) >= 11 is 0. The summed E-state index contributed by atoms with van der Waals surface area (Å²) in [4.78, 5) is 0. The molecular formula is C12H17F2N3O2S. The lowest BCUT2D eigenvalue weighted by atomic mass is 10.0. The van der Waals surface area contributed by atoms with Gasteiger partial charge in [-0.1, -0.05) is 6.92 Å². The lowest BCUT2D eigenvalue weighted by molar-refractivity contribution is 0.289. The van der Waals surface area contributed by atoms with Crippen LogP contribution in [0.3, 0.4) is 0 Å². The van der Waals surface area contributed by atoms with Gasteiger partial charge in [-0.25, -0.2) is 8.78 Å². The van der Waals surface area contributed by atoms with Crippen LogP contribution < -0.4 is 10.5 Å². The molecule has 1 aromatic carbocycles. The summed E-state index contributed by atoms with van der Waals surface area (Å²) in [5.41, 5.74) is 4.66. The van der Waals surface area contributed by atoms with E-state index in [4.69, 9.17) is 5.73 Å². The van der Waals surface area contributed by atoms with E-state index in [1.54, 1.807) is 0 Å². The number of piperidine rings is 1. The van der Waals surface area contributed by atoms with Gasteiger partial charge in [0.1, 0.15) is 11.6 Å². The Balaban J connectivity index is 2.18. The number of nitrogens with one attached hydrogen (secondary N) is 1. The largest absolute Gasteiger partial charge is 0.396 e. The van der Waals surface area contributed by atoms with E-state index in [9.17, 15) is 17.2 Å². The van der Waals surface area contributed by atoms with Crippen LogP contribution in [0.5, 0.6) is 0 Å². The maximum absolute atomic E-state index is 13.5. The minimum Gasteiger partial charge on any atom is -0.396 e. The van der Waals surface area contributed by atoms with Crippen molar-refractivity contribution in [2.24, 2.45) is 5.92 Å². The number of hydrogen-bond donors (Lipinski definition) is 2. The summed E-state index contributed by atoms with van der Waals surface area (Å²) in [6.45, 7) is 2.82. The van der Waals surface area contributed by atoms with E-state index >= 15 is 0 Å². The van der Waals surface area contributed by atoms with Crippen LogP contribution in [0.1, 0.15) is 19.8 Å². The van der Waals surface area contributed by atoms with Gasteiger partial charge >= 0.3 is 10.2 Å². The Morgan fingerprint density at radius 1 is 1.25 bits per heavy atom. The van der Waals surface area contributed by atoms with Crippen molar-refractivity contribution in [3.63, 3.8) is 0 Å². The van der Waals surface area contributed by atoms with Crippen LogP contribution >= 0.6 is 0 Å².